The van der Waals surface area contributed by atoms with Gasteiger partial charge in [0.2, 0.25) is 15.9 Å². The molecule has 0 saturated heterocycles. The Kier molecular flexibility index (Phi) is 8.07. The first-order chi connectivity index (χ1) is 15.6. The monoisotopic (exact) mass is 476 g/mol. The molecule has 0 radical (unpaired) electrons. The van der Waals surface area contributed by atoms with E-state index < -0.39 is 10.0 Å². The van der Waals surface area contributed by atoms with Crippen LogP contribution >= 0.6 is 0 Å². The molecule has 1 amide bonds. The van der Waals surface area contributed by atoms with Crippen molar-refractivity contribution < 1.29 is 27.4 Å². The third kappa shape index (κ3) is 7.02. The minimum atomic E-state index is -3.53. The summed E-state index contributed by atoms with van der Waals surface area (Å²) in [7, 11) is -3.53. The van der Waals surface area contributed by atoms with Gasteiger partial charge in [-0.15, -0.1) is 0 Å². The van der Waals surface area contributed by atoms with Crippen LogP contribution in [-0.2, 0) is 14.8 Å². The molecule has 9 heteroatoms. The quantitative estimate of drug-likeness (QED) is 0.566. The van der Waals surface area contributed by atoms with Crippen LogP contribution in [-0.4, -0.2) is 53.0 Å². The van der Waals surface area contributed by atoms with Gasteiger partial charge in [0, 0.05) is 19.0 Å². The fourth-order valence-electron chi connectivity index (χ4n) is 3.47. The van der Waals surface area contributed by atoms with E-state index in [-0.39, 0.29) is 24.9 Å². The lowest BCUT2D eigenvalue weighted by Crippen LogP contribution is -2.37. The second-order valence-electron chi connectivity index (χ2n) is 8.29. The van der Waals surface area contributed by atoms with Crippen molar-refractivity contribution in [3.63, 3.8) is 0 Å². The van der Waals surface area contributed by atoms with Gasteiger partial charge in [0.1, 0.15) is 25.6 Å². The van der Waals surface area contributed by atoms with Crippen LogP contribution in [0.4, 0.5) is 5.69 Å². The number of hydrogen-bond donors (Lipinski definition) is 1. The first-order valence-corrected chi connectivity index (χ1v) is 12.8. The highest BCUT2D eigenvalue weighted by molar-refractivity contribution is 7.92. The molecule has 0 aromatic heterocycles. The molecular formula is C24H32N2O6S. The minimum Gasteiger partial charge on any atom is -0.491 e. The number of carbonyl (C=O) groups excluding carboxylic acids is 1. The lowest BCUT2D eigenvalue weighted by atomic mass is 10.1. The summed E-state index contributed by atoms with van der Waals surface area (Å²) < 4.78 is 42.8. The Labute approximate surface area is 195 Å². The van der Waals surface area contributed by atoms with E-state index in [9.17, 15) is 13.2 Å². The van der Waals surface area contributed by atoms with Gasteiger partial charge in [0.15, 0.2) is 11.5 Å². The van der Waals surface area contributed by atoms with E-state index in [1.54, 1.807) is 18.2 Å². The number of anilines is 1. The molecule has 1 heterocycles. The zero-order chi connectivity index (χ0) is 24.0. The molecule has 2 aromatic carbocycles. The van der Waals surface area contributed by atoms with E-state index in [1.807, 2.05) is 39.0 Å². The third-order valence-corrected chi connectivity index (χ3v) is 6.56. The summed E-state index contributed by atoms with van der Waals surface area (Å²) >= 11 is 0. The van der Waals surface area contributed by atoms with Crippen molar-refractivity contribution in [3.8, 4) is 17.2 Å². The molecule has 1 unspecified atom stereocenters. The molecular weight excluding hydrogens is 444 g/mol. The maximum atomic E-state index is 12.4. The smallest absolute Gasteiger partial charge is 0.232 e. The SMILES string of the molecule is Cc1ccc(OCC(C)NC(=O)CCCN(c2ccc3c(c2)OCCO3)S(C)(=O)=O)cc1C. The molecule has 2 aromatic rings. The van der Waals surface area contributed by atoms with E-state index in [0.29, 0.717) is 43.4 Å². The predicted molar refractivity (Wildman–Crippen MR) is 128 cm³/mol. The van der Waals surface area contributed by atoms with Crippen molar-refractivity contribution >= 4 is 21.6 Å². The number of nitrogens with one attached hydrogen (secondary N) is 1. The van der Waals surface area contributed by atoms with Gasteiger partial charge in [-0.25, -0.2) is 8.42 Å². The number of ether oxygens (including phenoxy) is 3. The number of hydrogen-bond acceptors (Lipinski definition) is 6. The van der Waals surface area contributed by atoms with Crippen molar-refractivity contribution in [1.82, 2.24) is 5.32 Å². The van der Waals surface area contributed by atoms with Crippen molar-refractivity contribution in [3.05, 3.63) is 47.5 Å². The maximum absolute atomic E-state index is 12.4. The zero-order valence-electron chi connectivity index (χ0n) is 19.6. The molecule has 0 fully saturated rings. The van der Waals surface area contributed by atoms with Gasteiger partial charge in [-0.3, -0.25) is 9.10 Å². The summed E-state index contributed by atoms with van der Waals surface area (Å²) in [4.78, 5) is 12.4. The van der Waals surface area contributed by atoms with Gasteiger partial charge in [0.25, 0.3) is 0 Å². The van der Waals surface area contributed by atoms with Crippen molar-refractivity contribution in [1.29, 1.82) is 0 Å². The largest absolute Gasteiger partial charge is 0.491 e. The number of sulfonamides is 1. The molecule has 0 aliphatic carbocycles. The van der Waals surface area contributed by atoms with E-state index in [4.69, 9.17) is 14.2 Å². The summed E-state index contributed by atoms with van der Waals surface area (Å²) in [6.45, 7) is 7.35. The molecule has 0 spiro atoms. The lowest BCUT2D eigenvalue weighted by molar-refractivity contribution is -0.121. The van der Waals surface area contributed by atoms with Gasteiger partial charge in [-0.1, -0.05) is 6.07 Å². The van der Waals surface area contributed by atoms with Crippen LogP contribution in [0.25, 0.3) is 0 Å². The zero-order valence-corrected chi connectivity index (χ0v) is 20.4. The van der Waals surface area contributed by atoms with Crippen LogP contribution in [0.15, 0.2) is 36.4 Å². The molecule has 1 aliphatic heterocycles. The van der Waals surface area contributed by atoms with Crippen molar-refractivity contribution in [2.24, 2.45) is 0 Å². The van der Waals surface area contributed by atoms with Crippen molar-refractivity contribution in [2.75, 3.05) is 36.9 Å². The number of aryl methyl sites for hydroxylation is 2. The van der Waals surface area contributed by atoms with E-state index in [1.165, 1.54) is 9.87 Å². The fraction of sp³-hybridized carbons (Fsp3) is 0.458. The number of benzene rings is 2. The maximum Gasteiger partial charge on any atom is 0.232 e. The Morgan fingerprint density at radius 2 is 1.82 bits per heavy atom. The predicted octanol–water partition coefficient (Wildman–Crippen LogP) is 3.20. The van der Waals surface area contributed by atoms with Crippen LogP contribution in [0.1, 0.15) is 30.9 Å². The van der Waals surface area contributed by atoms with E-state index in [0.717, 1.165) is 17.6 Å². The Balaban J connectivity index is 1.49. The Morgan fingerprint density at radius 3 is 2.52 bits per heavy atom. The lowest BCUT2D eigenvalue weighted by Gasteiger charge is -2.25. The molecule has 33 heavy (non-hydrogen) atoms. The number of nitrogens with zero attached hydrogens (tertiary/aromatic N) is 1. The molecule has 3 rings (SSSR count). The van der Waals surface area contributed by atoms with Crippen LogP contribution in [0, 0.1) is 13.8 Å². The van der Waals surface area contributed by atoms with Crippen LogP contribution in [0.3, 0.4) is 0 Å². The van der Waals surface area contributed by atoms with E-state index >= 15 is 0 Å². The molecule has 180 valence electrons. The summed E-state index contributed by atoms with van der Waals surface area (Å²) in [5.74, 6) is 1.72. The number of carbonyl (C=O) groups is 1. The molecule has 1 atom stereocenters. The normalized spacial score (nSPS) is 13.8. The highest BCUT2D eigenvalue weighted by atomic mass is 32.2. The summed E-state index contributed by atoms with van der Waals surface area (Å²) in [5, 5.41) is 2.90. The van der Waals surface area contributed by atoms with Gasteiger partial charge in [-0.05, 0) is 62.6 Å². The number of rotatable bonds is 10. The van der Waals surface area contributed by atoms with Crippen LogP contribution < -0.4 is 23.8 Å². The fourth-order valence-corrected chi connectivity index (χ4v) is 4.43. The molecule has 8 nitrogen and oxygen atoms in total. The standard InChI is InChI=1S/C24H32N2O6S/c1-17-7-9-21(14-18(17)2)32-16-19(3)25-24(27)6-5-11-26(33(4,28)29)20-8-10-22-23(15-20)31-13-12-30-22/h7-10,14-15,19H,5-6,11-13,16H2,1-4H3,(H,25,27). The Hall–Kier alpha value is -2.94. The second kappa shape index (κ2) is 10.8. The average Bonchev–Trinajstić information content (AvgIpc) is 2.76. The molecule has 0 bridgehead atoms. The first kappa shape index (κ1) is 24.7. The topological polar surface area (TPSA) is 94.2 Å². The van der Waals surface area contributed by atoms with Gasteiger partial charge in [0.05, 0.1) is 18.0 Å². The Morgan fingerprint density at radius 1 is 1.09 bits per heavy atom. The summed E-state index contributed by atoms with van der Waals surface area (Å²) in [6, 6.07) is 10.7. The highest BCUT2D eigenvalue weighted by Gasteiger charge is 2.21. The minimum absolute atomic E-state index is 0.151. The molecule has 1 N–H and O–H groups in total. The highest BCUT2D eigenvalue weighted by Crippen LogP contribution is 2.34. The van der Waals surface area contributed by atoms with E-state index in [2.05, 4.69) is 5.32 Å². The number of amides is 1. The van der Waals surface area contributed by atoms with Gasteiger partial charge >= 0.3 is 0 Å². The second-order valence-corrected chi connectivity index (χ2v) is 10.2. The summed E-state index contributed by atoms with van der Waals surface area (Å²) in [6.07, 6.45) is 1.72. The molecule has 0 saturated carbocycles. The Bertz CT molecular complexity index is 1090. The summed E-state index contributed by atoms with van der Waals surface area (Å²) in [5.41, 5.74) is 2.83. The average molecular weight is 477 g/mol. The van der Waals surface area contributed by atoms with Gasteiger partial charge in [-0.2, -0.15) is 0 Å². The molecule has 1 aliphatic rings. The van der Waals surface area contributed by atoms with Crippen LogP contribution in [0.2, 0.25) is 0 Å². The number of fused-ring (bicyclic) bond motifs is 1. The first-order valence-electron chi connectivity index (χ1n) is 11.0. The van der Waals surface area contributed by atoms with Crippen molar-refractivity contribution in [2.45, 2.75) is 39.7 Å². The third-order valence-electron chi connectivity index (χ3n) is 5.36. The van der Waals surface area contributed by atoms with Gasteiger partial charge < -0.3 is 19.5 Å². The van der Waals surface area contributed by atoms with Crippen LogP contribution in [0.5, 0.6) is 17.2 Å².